The number of aromatic nitrogens is 2. The predicted molar refractivity (Wildman–Crippen MR) is 110 cm³/mol. The minimum absolute atomic E-state index is 0.212. The molecule has 4 rings (SSSR count). The third kappa shape index (κ3) is 3.26. The summed E-state index contributed by atoms with van der Waals surface area (Å²) in [5.74, 6) is -0.212. The standard InChI is InChI=1S/C22H22ClN3O/c1-3-4-11-26-21(23)20(14(2)25-26)22(27)24-17-9-10-19-16(13-17)12-15-7-5-6-8-18(15)19/h5-10,13H,3-4,11-12H2,1-2H3,(H,24,27). The highest BCUT2D eigenvalue weighted by molar-refractivity contribution is 6.33. The molecule has 1 aliphatic rings. The first kappa shape index (κ1) is 17.8. The summed E-state index contributed by atoms with van der Waals surface area (Å²) in [7, 11) is 0. The molecule has 1 aliphatic carbocycles. The van der Waals surface area contributed by atoms with Gasteiger partial charge in [0.2, 0.25) is 0 Å². The Balaban J connectivity index is 1.56. The summed E-state index contributed by atoms with van der Waals surface area (Å²) in [5.41, 5.74) is 6.97. The van der Waals surface area contributed by atoms with Crippen LogP contribution in [0.3, 0.4) is 0 Å². The van der Waals surface area contributed by atoms with Gasteiger partial charge in [0.05, 0.1) is 11.3 Å². The molecular weight excluding hydrogens is 358 g/mol. The first-order chi connectivity index (χ1) is 13.1. The van der Waals surface area contributed by atoms with Gasteiger partial charge in [0, 0.05) is 12.2 Å². The molecule has 1 aromatic heterocycles. The van der Waals surface area contributed by atoms with Crippen LogP contribution in [-0.4, -0.2) is 15.7 Å². The molecule has 5 heteroatoms. The van der Waals surface area contributed by atoms with E-state index < -0.39 is 0 Å². The van der Waals surface area contributed by atoms with Crippen molar-refractivity contribution in [2.45, 2.75) is 39.7 Å². The van der Waals surface area contributed by atoms with E-state index in [-0.39, 0.29) is 5.91 Å². The summed E-state index contributed by atoms with van der Waals surface area (Å²) in [6, 6.07) is 14.5. The summed E-state index contributed by atoms with van der Waals surface area (Å²) in [4.78, 5) is 12.8. The van der Waals surface area contributed by atoms with Crippen molar-refractivity contribution >= 4 is 23.2 Å². The fourth-order valence-corrected chi connectivity index (χ4v) is 4.03. The van der Waals surface area contributed by atoms with Crippen LogP contribution in [0.1, 0.15) is 46.9 Å². The molecular formula is C22H22ClN3O. The summed E-state index contributed by atoms with van der Waals surface area (Å²) >= 11 is 6.42. The van der Waals surface area contributed by atoms with E-state index in [2.05, 4.69) is 53.7 Å². The van der Waals surface area contributed by atoms with Gasteiger partial charge in [0.1, 0.15) is 5.15 Å². The second-order valence-corrected chi connectivity index (χ2v) is 7.35. The fourth-order valence-electron chi connectivity index (χ4n) is 3.68. The van der Waals surface area contributed by atoms with E-state index in [1.165, 1.54) is 22.3 Å². The number of hydrogen-bond donors (Lipinski definition) is 1. The average Bonchev–Trinajstić information content (AvgIpc) is 3.16. The van der Waals surface area contributed by atoms with Gasteiger partial charge < -0.3 is 5.32 Å². The topological polar surface area (TPSA) is 46.9 Å². The van der Waals surface area contributed by atoms with Crippen LogP contribution in [0.4, 0.5) is 5.69 Å². The van der Waals surface area contributed by atoms with Crippen LogP contribution < -0.4 is 5.32 Å². The van der Waals surface area contributed by atoms with Crippen molar-refractivity contribution in [3.05, 3.63) is 70.0 Å². The zero-order valence-corrected chi connectivity index (χ0v) is 16.3. The van der Waals surface area contributed by atoms with Gasteiger partial charge in [-0.15, -0.1) is 0 Å². The number of carbonyl (C=O) groups is 1. The maximum atomic E-state index is 12.8. The van der Waals surface area contributed by atoms with Crippen LogP contribution in [0.5, 0.6) is 0 Å². The second-order valence-electron chi connectivity index (χ2n) is 6.99. The second kappa shape index (κ2) is 7.20. The van der Waals surface area contributed by atoms with Crippen LogP contribution in [0.25, 0.3) is 11.1 Å². The van der Waals surface area contributed by atoms with Crippen LogP contribution in [0, 0.1) is 6.92 Å². The van der Waals surface area contributed by atoms with E-state index in [9.17, 15) is 4.79 Å². The van der Waals surface area contributed by atoms with E-state index in [1.54, 1.807) is 4.68 Å². The Morgan fingerprint density at radius 2 is 1.96 bits per heavy atom. The summed E-state index contributed by atoms with van der Waals surface area (Å²) in [5, 5.41) is 7.82. The summed E-state index contributed by atoms with van der Waals surface area (Å²) < 4.78 is 1.72. The number of amides is 1. The number of halogens is 1. The lowest BCUT2D eigenvalue weighted by molar-refractivity contribution is 0.102. The molecule has 0 saturated carbocycles. The van der Waals surface area contributed by atoms with Gasteiger partial charge in [0.25, 0.3) is 5.91 Å². The first-order valence-corrected chi connectivity index (χ1v) is 9.71. The highest BCUT2D eigenvalue weighted by Gasteiger charge is 2.22. The molecule has 4 nitrogen and oxygen atoms in total. The highest BCUT2D eigenvalue weighted by Crippen LogP contribution is 2.37. The zero-order chi connectivity index (χ0) is 19.0. The molecule has 0 atom stereocenters. The van der Waals surface area contributed by atoms with E-state index in [0.717, 1.165) is 31.5 Å². The molecule has 1 heterocycles. The third-order valence-corrected chi connectivity index (χ3v) is 5.45. The van der Waals surface area contributed by atoms with Crippen molar-refractivity contribution < 1.29 is 4.79 Å². The van der Waals surface area contributed by atoms with E-state index >= 15 is 0 Å². The van der Waals surface area contributed by atoms with Crippen molar-refractivity contribution in [2.75, 3.05) is 5.32 Å². The summed E-state index contributed by atoms with van der Waals surface area (Å²) in [6.45, 7) is 4.66. The van der Waals surface area contributed by atoms with E-state index in [4.69, 9.17) is 11.6 Å². The van der Waals surface area contributed by atoms with E-state index in [0.29, 0.717) is 16.4 Å². The molecule has 1 amide bonds. The molecule has 138 valence electrons. The van der Waals surface area contributed by atoms with Gasteiger partial charge >= 0.3 is 0 Å². The van der Waals surface area contributed by atoms with Gasteiger partial charge in [-0.2, -0.15) is 5.10 Å². The Labute approximate surface area is 164 Å². The number of anilines is 1. The molecule has 2 aromatic carbocycles. The molecule has 0 unspecified atom stereocenters. The monoisotopic (exact) mass is 379 g/mol. The van der Waals surface area contributed by atoms with Gasteiger partial charge in [-0.3, -0.25) is 9.48 Å². The van der Waals surface area contributed by atoms with Crippen molar-refractivity contribution in [3.63, 3.8) is 0 Å². The number of benzene rings is 2. The molecule has 0 spiro atoms. The number of fused-ring (bicyclic) bond motifs is 3. The lowest BCUT2D eigenvalue weighted by Crippen LogP contribution is -2.13. The largest absolute Gasteiger partial charge is 0.322 e. The molecule has 0 radical (unpaired) electrons. The number of rotatable bonds is 5. The van der Waals surface area contributed by atoms with Crippen molar-refractivity contribution in [2.24, 2.45) is 0 Å². The molecule has 1 N–H and O–H groups in total. The Morgan fingerprint density at radius 3 is 2.78 bits per heavy atom. The quantitative estimate of drug-likeness (QED) is 0.500. The number of unbranched alkanes of at least 4 members (excludes halogenated alkanes) is 1. The van der Waals surface area contributed by atoms with Crippen LogP contribution >= 0.6 is 11.6 Å². The maximum Gasteiger partial charge on any atom is 0.260 e. The Morgan fingerprint density at radius 1 is 1.19 bits per heavy atom. The minimum atomic E-state index is -0.212. The Kier molecular flexibility index (Phi) is 4.75. The van der Waals surface area contributed by atoms with E-state index in [1.807, 2.05) is 13.0 Å². The van der Waals surface area contributed by atoms with Gasteiger partial charge in [0.15, 0.2) is 0 Å². The van der Waals surface area contributed by atoms with Crippen LogP contribution in [-0.2, 0) is 13.0 Å². The normalized spacial score (nSPS) is 12.0. The SMILES string of the molecule is CCCCn1nc(C)c(C(=O)Nc2ccc3c(c2)Cc2ccccc2-3)c1Cl. The Hall–Kier alpha value is -2.59. The third-order valence-electron chi connectivity index (χ3n) is 5.07. The van der Waals surface area contributed by atoms with Crippen molar-refractivity contribution in [1.29, 1.82) is 0 Å². The highest BCUT2D eigenvalue weighted by atomic mass is 35.5. The zero-order valence-electron chi connectivity index (χ0n) is 15.6. The molecule has 27 heavy (non-hydrogen) atoms. The maximum absolute atomic E-state index is 12.8. The summed E-state index contributed by atoms with van der Waals surface area (Å²) in [6.07, 6.45) is 2.92. The molecule has 0 saturated heterocycles. The smallest absolute Gasteiger partial charge is 0.260 e. The molecule has 0 aliphatic heterocycles. The lowest BCUT2D eigenvalue weighted by Gasteiger charge is -2.08. The lowest BCUT2D eigenvalue weighted by atomic mass is 10.1. The van der Waals surface area contributed by atoms with Crippen LogP contribution in [0.15, 0.2) is 42.5 Å². The minimum Gasteiger partial charge on any atom is -0.322 e. The number of nitrogens with zero attached hydrogens (tertiary/aromatic N) is 2. The van der Waals surface area contributed by atoms with Crippen LogP contribution in [0.2, 0.25) is 5.15 Å². The Bertz CT molecular complexity index is 1020. The number of aryl methyl sites for hydroxylation is 2. The first-order valence-electron chi connectivity index (χ1n) is 9.34. The molecule has 3 aromatic rings. The van der Waals surface area contributed by atoms with Gasteiger partial charge in [-0.25, -0.2) is 0 Å². The van der Waals surface area contributed by atoms with Crippen molar-refractivity contribution in [1.82, 2.24) is 9.78 Å². The number of hydrogen-bond acceptors (Lipinski definition) is 2. The van der Waals surface area contributed by atoms with Gasteiger partial charge in [-0.1, -0.05) is 55.3 Å². The number of nitrogens with one attached hydrogen (secondary N) is 1. The average molecular weight is 380 g/mol. The van der Waals surface area contributed by atoms with Gasteiger partial charge in [-0.05, 0) is 54.2 Å². The molecule has 0 bridgehead atoms. The fraction of sp³-hybridized carbons (Fsp3) is 0.273. The molecule has 0 fully saturated rings. The predicted octanol–water partition coefficient (Wildman–Crippen LogP) is 5.47. The number of carbonyl (C=O) groups excluding carboxylic acids is 1. The van der Waals surface area contributed by atoms with Crippen molar-refractivity contribution in [3.8, 4) is 11.1 Å².